The maximum Gasteiger partial charge on any atom is 0.294 e. The van der Waals surface area contributed by atoms with E-state index in [0.717, 1.165) is 5.56 Å². The van der Waals surface area contributed by atoms with Crippen molar-refractivity contribution in [2.75, 3.05) is 0 Å². The average Bonchev–Trinajstić information content (AvgIpc) is 2.69. The van der Waals surface area contributed by atoms with Crippen LogP contribution in [0, 0.1) is 10.1 Å². The van der Waals surface area contributed by atoms with E-state index in [1.807, 2.05) is 36.4 Å². The number of rotatable bonds is 3. The Kier molecular flexibility index (Phi) is 3.05. The summed E-state index contributed by atoms with van der Waals surface area (Å²) in [5.74, 6) is 0. The van der Waals surface area contributed by atoms with Crippen LogP contribution in [0.1, 0.15) is 11.1 Å². The first-order chi connectivity index (χ1) is 8.16. The zero-order valence-electron chi connectivity index (χ0n) is 9.41. The zero-order chi connectivity index (χ0) is 12.3. The first-order valence-electron chi connectivity index (χ1n) is 5.20. The van der Waals surface area contributed by atoms with Crippen molar-refractivity contribution in [3.05, 3.63) is 64.0 Å². The summed E-state index contributed by atoms with van der Waals surface area (Å²) < 4.78 is 1.68. The van der Waals surface area contributed by atoms with E-state index in [1.54, 1.807) is 23.9 Å². The normalized spacial score (nSPS) is 10.9. The highest BCUT2D eigenvalue weighted by Gasteiger charge is 2.13. The molecule has 0 atom stereocenters. The van der Waals surface area contributed by atoms with Gasteiger partial charge in [-0.3, -0.25) is 10.1 Å². The number of nitrogens with zero attached hydrogens (tertiary/aromatic N) is 2. The summed E-state index contributed by atoms with van der Waals surface area (Å²) in [7, 11) is 1.77. The van der Waals surface area contributed by atoms with E-state index < -0.39 is 0 Å². The second-order valence-corrected chi connectivity index (χ2v) is 3.77. The van der Waals surface area contributed by atoms with Crippen molar-refractivity contribution in [1.29, 1.82) is 0 Å². The van der Waals surface area contributed by atoms with Gasteiger partial charge in [-0.25, -0.2) is 0 Å². The lowest BCUT2D eigenvalue weighted by Gasteiger charge is -1.91. The molecule has 4 heteroatoms. The number of nitro groups is 1. The third-order valence-electron chi connectivity index (χ3n) is 2.42. The standard InChI is InChI=1S/C13H12N2O2/c1-14-9-12(13(10-14)15(16)17)8-7-11-5-3-2-4-6-11/h2-10H,1H3/b8-7+. The van der Waals surface area contributed by atoms with Crippen molar-refractivity contribution in [2.24, 2.45) is 7.05 Å². The first-order valence-corrected chi connectivity index (χ1v) is 5.20. The minimum Gasteiger partial charge on any atom is -0.351 e. The third kappa shape index (κ3) is 2.60. The fourth-order valence-electron chi connectivity index (χ4n) is 1.62. The van der Waals surface area contributed by atoms with E-state index in [0.29, 0.717) is 5.56 Å². The molecular weight excluding hydrogens is 216 g/mol. The molecule has 0 bridgehead atoms. The van der Waals surface area contributed by atoms with Crippen LogP contribution in [0.4, 0.5) is 5.69 Å². The van der Waals surface area contributed by atoms with E-state index in [-0.39, 0.29) is 10.6 Å². The van der Waals surface area contributed by atoms with Gasteiger partial charge in [0.25, 0.3) is 5.69 Å². The third-order valence-corrected chi connectivity index (χ3v) is 2.42. The van der Waals surface area contributed by atoms with Crippen LogP contribution in [0.5, 0.6) is 0 Å². The van der Waals surface area contributed by atoms with Crippen LogP contribution in [0.2, 0.25) is 0 Å². The lowest BCUT2D eigenvalue weighted by molar-refractivity contribution is -0.385. The SMILES string of the molecule is Cn1cc(/C=C/c2ccccc2)c([N+](=O)[O-])c1. The Morgan fingerprint density at radius 3 is 2.53 bits per heavy atom. The molecule has 0 aliphatic rings. The van der Waals surface area contributed by atoms with E-state index in [9.17, 15) is 10.1 Å². The van der Waals surface area contributed by atoms with E-state index in [2.05, 4.69) is 0 Å². The quantitative estimate of drug-likeness (QED) is 0.598. The van der Waals surface area contributed by atoms with E-state index >= 15 is 0 Å². The molecule has 17 heavy (non-hydrogen) atoms. The molecule has 2 rings (SSSR count). The van der Waals surface area contributed by atoms with Gasteiger partial charge in [0, 0.05) is 13.2 Å². The summed E-state index contributed by atoms with van der Waals surface area (Å²) >= 11 is 0. The highest BCUT2D eigenvalue weighted by molar-refractivity contribution is 5.73. The van der Waals surface area contributed by atoms with Crippen LogP contribution in [-0.2, 0) is 7.05 Å². The van der Waals surface area contributed by atoms with Crippen molar-refractivity contribution in [1.82, 2.24) is 4.57 Å². The molecule has 0 N–H and O–H groups in total. The van der Waals surface area contributed by atoms with Gasteiger partial charge in [-0.05, 0) is 11.6 Å². The summed E-state index contributed by atoms with van der Waals surface area (Å²) in [5.41, 5.74) is 1.76. The Hall–Kier alpha value is -2.36. The number of aryl methyl sites for hydroxylation is 1. The predicted molar refractivity (Wildman–Crippen MR) is 67.4 cm³/mol. The molecular formula is C13H12N2O2. The minimum atomic E-state index is -0.370. The molecule has 0 aliphatic carbocycles. The maximum atomic E-state index is 10.8. The van der Waals surface area contributed by atoms with Crippen LogP contribution in [0.3, 0.4) is 0 Å². The number of hydrogen-bond acceptors (Lipinski definition) is 2. The van der Waals surface area contributed by atoms with E-state index in [1.165, 1.54) is 6.20 Å². The Bertz CT molecular complexity index is 556. The van der Waals surface area contributed by atoms with Gasteiger partial charge >= 0.3 is 0 Å². The van der Waals surface area contributed by atoms with Gasteiger partial charge in [-0.1, -0.05) is 36.4 Å². The van der Waals surface area contributed by atoms with Crippen LogP contribution in [0.15, 0.2) is 42.7 Å². The molecule has 1 aromatic carbocycles. The van der Waals surface area contributed by atoms with Crippen molar-refractivity contribution < 1.29 is 4.92 Å². The molecule has 1 aromatic heterocycles. The van der Waals surface area contributed by atoms with Crippen LogP contribution >= 0.6 is 0 Å². The molecule has 1 heterocycles. The van der Waals surface area contributed by atoms with Gasteiger partial charge in [0.1, 0.15) is 0 Å². The average molecular weight is 228 g/mol. The van der Waals surface area contributed by atoms with Crippen LogP contribution in [-0.4, -0.2) is 9.49 Å². The predicted octanol–water partition coefficient (Wildman–Crippen LogP) is 3.10. The number of aromatic nitrogens is 1. The summed E-state index contributed by atoms with van der Waals surface area (Å²) in [6, 6.07) is 9.69. The smallest absolute Gasteiger partial charge is 0.294 e. The lowest BCUT2D eigenvalue weighted by atomic mass is 10.2. The minimum absolute atomic E-state index is 0.125. The summed E-state index contributed by atoms with van der Waals surface area (Å²) in [6.45, 7) is 0. The maximum absolute atomic E-state index is 10.8. The zero-order valence-corrected chi connectivity index (χ0v) is 9.41. The molecule has 2 aromatic rings. The molecule has 0 unspecified atom stereocenters. The molecule has 0 radical (unpaired) electrons. The molecule has 0 saturated carbocycles. The molecule has 0 saturated heterocycles. The molecule has 0 aliphatic heterocycles. The van der Waals surface area contributed by atoms with Gasteiger partial charge in [0.2, 0.25) is 0 Å². The van der Waals surface area contributed by atoms with Crippen LogP contribution < -0.4 is 0 Å². The Morgan fingerprint density at radius 2 is 1.88 bits per heavy atom. The Morgan fingerprint density at radius 1 is 1.18 bits per heavy atom. The van der Waals surface area contributed by atoms with Crippen molar-refractivity contribution >= 4 is 17.8 Å². The number of benzene rings is 1. The number of hydrogen-bond donors (Lipinski definition) is 0. The topological polar surface area (TPSA) is 48.1 Å². The lowest BCUT2D eigenvalue weighted by Crippen LogP contribution is -1.87. The highest BCUT2D eigenvalue weighted by Crippen LogP contribution is 2.21. The fraction of sp³-hybridized carbons (Fsp3) is 0.0769. The summed E-state index contributed by atoms with van der Waals surface area (Å²) in [4.78, 5) is 10.4. The van der Waals surface area contributed by atoms with Gasteiger partial charge < -0.3 is 4.57 Å². The van der Waals surface area contributed by atoms with Crippen LogP contribution in [0.25, 0.3) is 12.2 Å². The second-order valence-electron chi connectivity index (χ2n) is 3.77. The van der Waals surface area contributed by atoms with Crippen molar-refractivity contribution in [3.63, 3.8) is 0 Å². The van der Waals surface area contributed by atoms with E-state index in [4.69, 9.17) is 0 Å². The van der Waals surface area contributed by atoms with Crippen molar-refractivity contribution in [2.45, 2.75) is 0 Å². The van der Waals surface area contributed by atoms with Crippen molar-refractivity contribution in [3.8, 4) is 0 Å². The second kappa shape index (κ2) is 4.65. The largest absolute Gasteiger partial charge is 0.351 e. The summed E-state index contributed by atoms with van der Waals surface area (Å²) in [6.07, 6.45) is 6.86. The van der Waals surface area contributed by atoms with Gasteiger partial charge in [-0.2, -0.15) is 0 Å². The molecule has 0 fully saturated rings. The van der Waals surface area contributed by atoms with Gasteiger partial charge in [-0.15, -0.1) is 0 Å². The Labute approximate surface area is 99.0 Å². The molecule has 4 nitrogen and oxygen atoms in total. The van der Waals surface area contributed by atoms with Gasteiger partial charge in [0.15, 0.2) is 0 Å². The molecule has 86 valence electrons. The molecule has 0 amide bonds. The highest BCUT2D eigenvalue weighted by atomic mass is 16.6. The first kappa shape index (κ1) is 11.1. The fourth-order valence-corrected chi connectivity index (χ4v) is 1.62. The van der Waals surface area contributed by atoms with Gasteiger partial charge in [0.05, 0.1) is 16.7 Å². The molecule has 0 spiro atoms. The summed E-state index contributed by atoms with van der Waals surface area (Å²) in [5, 5.41) is 10.8. The monoisotopic (exact) mass is 228 g/mol. The Balaban J connectivity index is 2.30.